The number of para-hydroxylation sites is 1. The summed E-state index contributed by atoms with van der Waals surface area (Å²) in [7, 11) is 0. The van der Waals surface area contributed by atoms with E-state index in [4.69, 9.17) is 11.6 Å². The highest BCUT2D eigenvalue weighted by Crippen LogP contribution is 2.28. The number of hydrogen-bond donors (Lipinski definition) is 0. The van der Waals surface area contributed by atoms with Crippen molar-refractivity contribution >= 4 is 33.8 Å². The maximum Gasteiger partial charge on any atom is 0.155 e. The van der Waals surface area contributed by atoms with Gasteiger partial charge in [-0.2, -0.15) is 5.10 Å². The van der Waals surface area contributed by atoms with Gasteiger partial charge in [-0.05, 0) is 40.4 Å². The zero-order valence-electron chi connectivity index (χ0n) is 10.7. The van der Waals surface area contributed by atoms with Gasteiger partial charge in [-0.15, -0.1) is 0 Å². The maximum atomic E-state index is 11.2. The molecule has 5 heteroatoms. The van der Waals surface area contributed by atoms with Gasteiger partial charge in [0.25, 0.3) is 0 Å². The van der Waals surface area contributed by atoms with Crippen molar-refractivity contribution in [3.8, 4) is 5.69 Å². The molecule has 0 bridgehead atoms. The number of hydrogen-bond acceptors (Lipinski definition) is 2. The van der Waals surface area contributed by atoms with Crippen LogP contribution in [0.2, 0.25) is 5.15 Å². The Kier molecular flexibility index (Phi) is 4.42. The molecule has 0 unspecified atom stereocenters. The third kappa shape index (κ3) is 2.90. The minimum atomic E-state index is 0.359. The highest BCUT2D eigenvalue weighted by Gasteiger charge is 2.18. The first-order valence-corrected chi connectivity index (χ1v) is 7.19. The molecule has 1 heterocycles. The van der Waals surface area contributed by atoms with Gasteiger partial charge in [-0.1, -0.05) is 37.6 Å². The monoisotopic (exact) mass is 340 g/mol. The molecular formula is C14H14BrClN2O. The molecule has 19 heavy (non-hydrogen) atoms. The van der Waals surface area contributed by atoms with Gasteiger partial charge in [0.05, 0.1) is 16.9 Å². The topological polar surface area (TPSA) is 34.9 Å². The summed E-state index contributed by atoms with van der Waals surface area (Å²) in [6, 6.07) is 7.63. The van der Waals surface area contributed by atoms with Crippen LogP contribution in [0.5, 0.6) is 0 Å². The third-order valence-corrected chi connectivity index (χ3v) is 3.77. The van der Waals surface area contributed by atoms with Gasteiger partial charge in [0.15, 0.2) is 6.29 Å². The Morgan fingerprint density at radius 2 is 2.11 bits per heavy atom. The van der Waals surface area contributed by atoms with Crippen molar-refractivity contribution in [3.63, 3.8) is 0 Å². The van der Waals surface area contributed by atoms with Crippen LogP contribution in [0, 0.1) is 5.92 Å². The molecule has 100 valence electrons. The lowest BCUT2D eigenvalue weighted by Crippen LogP contribution is -2.00. The largest absolute Gasteiger partial charge is 0.298 e. The van der Waals surface area contributed by atoms with Crippen LogP contribution >= 0.6 is 27.5 Å². The summed E-state index contributed by atoms with van der Waals surface area (Å²) < 4.78 is 2.49. The van der Waals surface area contributed by atoms with Crippen molar-refractivity contribution in [1.82, 2.24) is 9.78 Å². The lowest BCUT2D eigenvalue weighted by atomic mass is 10.1. The van der Waals surface area contributed by atoms with Crippen LogP contribution in [-0.4, -0.2) is 16.1 Å². The predicted molar refractivity (Wildman–Crippen MR) is 80.2 cm³/mol. The van der Waals surface area contributed by atoms with E-state index in [0.29, 0.717) is 16.6 Å². The minimum absolute atomic E-state index is 0.359. The van der Waals surface area contributed by atoms with E-state index in [1.54, 1.807) is 4.68 Å². The van der Waals surface area contributed by atoms with Crippen LogP contribution < -0.4 is 0 Å². The molecule has 0 aliphatic rings. The molecule has 0 saturated carbocycles. The summed E-state index contributed by atoms with van der Waals surface area (Å²) in [4.78, 5) is 11.2. The first-order chi connectivity index (χ1) is 9.04. The summed E-state index contributed by atoms with van der Waals surface area (Å²) in [5.74, 6) is 0.414. The fourth-order valence-electron chi connectivity index (χ4n) is 1.89. The van der Waals surface area contributed by atoms with Crippen LogP contribution in [0.4, 0.5) is 0 Å². The summed E-state index contributed by atoms with van der Waals surface area (Å²) >= 11 is 9.73. The number of halogens is 2. The Hall–Kier alpha value is -1.13. The van der Waals surface area contributed by atoms with Gasteiger partial charge >= 0.3 is 0 Å². The summed E-state index contributed by atoms with van der Waals surface area (Å²) in [6.07, 6.45) is 1.51. The van der Waals surface area contributed by atoms with Crippen molar-refractivity contribution in [2.24, 2.45) is 5.92 Å². The molecule has 0 amide bonds. The maximum absolute atomic E-state index is 11.2. The molecule has 0 fully saturated rings. The first kappa shape index (κ1) is 14.3. The summed E-state index contributed by atoms with van der Waals surface area (Å²) in [5.41, 5.74) is 2.04. The Morgan fingerprint density at radius 3 is 2.68 bits per heavy atom. The molecule has 0 atom stereocenters. The third-order valence-electron chi connectivity index (χ3n) is 2.74. The van der Waals surface area contributed by atoms with E-state index in [1.807, 2.05) is 24.3 Å². The molecule has 1 aromatic heterocycles. The van der Waals surface area contributed by atoms with E-state index in [0.717, 1.165) is 28.6 Å². The predicted octanol–water partition coefficient (Wildman–Crippen LogP) is 4.30. The standard InChI is InChI=1S/C14H14BrClN2O/c1-9(2)7-12-10(8-19)14(16)18(17-12)13-6-4-3-5-11(13)15/h3-6,8-9H,7H2,1-2H3. The fourth-order valence-corrected chi connectivity index (χ4v) is 2.62. The number of nitrogens with zero attached hydrogens (tertiary/aromatic N) is 2. The van der Waals surface area contributed by atoms with E-state index < -0.39 is 0 Å². The van der Waals surface area contributed by atoms with Crippen molar-refractivity contribution in [2.45, 2.75) is 20.3 Å². The van der Waals surface area contributed by atoms with Crippen LogP contribution in [0.1, 0.15) is 29.9 Å². The molecule has 3 nitrogen and oxygen atoms in total. The highest BCUT2D eigenvalue weighted by atomic mass is 79.9. The molecule has 0 saturated heterocycles. The Morgan fingerprint density at radius 1 is 1.42 bits per heavy atom. The van der Waals surface area contributed by atoms with E-state index in [2.05, 4.69) is 34.9 Å². The minimum Gasteiger partial charge on any atom is -0.298 e. The zero-order chi connectivity index (χ0) is 14.0. The number of rotatable bonds is 4. The van der Waals surface area contributed by atoms with Crippen LogP contribution in [0.3, 0.4) is 0 Å². The van der Waals surface area contributed by atoms with Gasteiger partial charge in [0, 0.05) is 4.47 Å². The second-order valence-corrected chi connectivity index (χ2v) is 5.94. The van der Waals surface area contributed by atoms with Gasteiger partial charge in [-0.25, -0.2) is 4.68 Å². The lowest BCUT2D eigenvalue weighted by molar-refractivity contribution is 0.112. The van der Waals surface area contributed by atoms with E-state index in [1.165, 1.54) is 0 Å². The van der Waals surface area contributed by atoms with Crippen LogP contribution in [0.15, 0.2) is 28.7 Å². The molecule has 1 aromatic carbocycles. The number of carbonyl (C=O) groups excluding carboxylic acids is 1. The van der Waals surface area contributed by atoms with E-state index >= 15 is 0 Å². The SMILES string of the molecule is CC(C)Cc1nn(-c2ccccc2Br)c(Cl)c1C=O. The van der Waals surface area contributed by atoms with E-state index in [-0.39, 0.29) is 0 Å². The number of carbonyl (C=O) groups is 1. The molecule has 0 radical (unpaired) electrons. The normalized spacial score (nSPS) is 11.0. The van der Waals surface area contributed by atoms with Crippen molar-refractivity contribution in [2.75, 3.05) is 0 Å². The average molecular weight is 342 g/mol. The van der Waals surface area contributed by atoms with Crippen molar-refractivity contribution in [3.05, 3.63) is 45.1 Å². The van der Waals surface area contributed by atoms with E-state index in [9.17, 15) is 4.79 Å². The second-order valence-electron chi connectivity index (χ2n) is 4.73. The van der Waals surface area contributed by atoms with Crippen LogP contribution in [0.25, 0.3) is 5.69 Å². The van der Waals surface area contributed by atoms with Gasteiger partial charge in [0.1, 0.15) is 5.15 Å². The average Bonchev–Trinajstić information content (AvgIpc) is 2.65. The molecule has 2 aromatic rings. The molecule has 0 spiro atoms. The molecule has 2 rings (SSSR count). The van der Waals surface area contributed by atoms with Gasteiger partial charge in [-0.3, -0.25) is 4.79 Å². The molecular weight excluding hydrogens is 328 g/mol. The molecule has 0 aliphatic carbocycles. The first-order valence-electron chi connectivity index (χ1n) is 6.02. The van der Waals surface area contributed by atoms with Crippen molar-refractivity contribution in [1.29, 1.82) is 0 Å². The number of aldehydes is 1. The van der Waals surface area contributed by atoms with Gasteiger partial charge < -0.3 is 0 Å². The number of benzene rings is 1. The zero-order valence-corrected chi connectivity index (χ0v) is 13.1. The Labute approximate surface area is 125 Å². The quantitative estimate of drug-likeness (QED) is 0.777. The number of aromatic nitrogens is 2. The molecule has 0 N–H and O–H groups in total. The Bertz CT molecular complexity index is 607. The van der Waals surface area contributed by atoms with Crippen molar-refractivity contribution < 1.29 is 4.79 Å². The molecule has 0 aliphatic heterocycles. The van der Waals surface area contributed by atoms with Gasteiger partial charge in [0.2, 0.25) is 0 Å². The smallest absolute Gasteiger partial charge is 0.155 e. The second kappa shape index (κ2) is 5.88. The lowest BCUT2D eigenvalue weighted by Gasteiger charge is -2.05. The highest BCUT2D eigenvalue weighted by molar-refractivity contribution is 9.10. The summed E-state index contributed by atoms with van der Waals surface area (Å²) in [5, 5.41) is 4.83. The van der Waals surface area contributed by atoms with Crippen LogP contribution in [-0.2, 0) is 6.42 Å². The fraction of sp³-hybridized carbons (Fsp3) is 0.286. The summed E-state index contributed by atoms with van der Waals surface area (Å²) in [6.45, 7) is 4.17. The Balaban J connectivity index is 2.56.